The van der Waals surface area contributed by atoms with Crippen LogP contribution in [0.4, 0.5) is 0 Å². The molecule has 1 aliphatic rings. The van der Waals surface area contributed by atoms with Crippen molar-refractivity contribution in [2.45, 2.75) is 64.4 Å². The van der Waals surface area contributed by atoms with Crippen molar-refractivity contribution in [2.75, 3.05) is 0 Å². The Morgan fingerprint density at radius 3 is 2.50 bits per heavy atom. The summed E-state index contributed by atoms with van der Waals surface area (Å²) in [5.74, 6) is 0.729. The Morgan fingerprint density at radius 2 is 1.93 bits per heavy atom. The molecule has 1 unspecified atom stereocenters. The number of aliphatic hydroxyl groups is 1. The Morgan fingerprint density at radius 1 is 1.29 bits per heavy atom. The van der Waals surface area contributed by atoms with E-state index in [1.165, 1.54) is 32.1 Å². The van der Waals surface area contributed by atoms with Crippen LogP contribution in [-0.2, 0) is 0 Å². The minimum atomic E-state index is -0.577. The van der Waals surface area contributed by atoms with Gasteiger partial charge in [-0.25, -0.2) is 0 Å². The quantitative estimate of drug-likeness (QED) is 0.680. The van der Waals surface area contributed by atoms with Crippen LogP contribution in [0.1, 0.15) is 58.8 Å². The van der Waals surface area contributed by atoms with Gasteiger partial charge in [0.15, 0.2) is 0 Å². The molecule has 0 spiro atoms. The lowest BCUT2D eigenvalue weighted by molar-refractivity contribution is 0.100. The van der Waals surface area contributed by atoms with E-state index in [1.807, 2.05) is 13.0 Å². The summed E-state index contributed by atoms with van der Waals surface area (Å²) in [5.41, 5.74) is -0.577. The first-order valence-electron chi connectivity index (χ1n) is 6.06. The van der Waals surface area contributed by atoms with E-state index in [4.69, 9.17) is 0 Å². The Balaban J connectivity index is 2.36. The van der Waals surface area contributed by atoms with E-state index in [0.29, 0.717) is 0 Å². The molecule has 1 rings (SSSR count). The molecule has 0 aromatic carbocycles. The molecule has 0 heterocycles. The third-order valence-corrected chi connectivity index (χ3v) is 3.13. The summed E-state index contributed by atoms with van der Waals surface area (Å²) in [6.07, 6.45) is 12.9. The molecule has 0 aliphatic heterocycles. The van der Waals surface area contributed by atoms with Crippen molar-refractivity contribution in [1.29, 1.82) is 0 Å². The second kappa shape index (κ2) is 5.55. The number of hydrogen-bond donors (Lipinski definition) is 1. The number of hydrogen-bond acceptors (Lipinski definition) is 1. The van der Waals surface area contributed by atoms with E-state index in [9.17, 15) is 5.11 Å². The first kappa shape index (κ1) is 11.8. The van der Waals surface area contributed by atoms with Crippen LogP contribution in [0.2, 0.25) is 0 Å². The Bertz CT molecular complexity index is 176. The zero-order valence-corrected chi connectivity index (χ0v) is 9.63. The van der Waals surface area contributed by atoms with Crippen LogP contribution in [0.3, 0.4) is 0 Å². The van der Waals surface area contributed by atoms with Crippen molar-refractivity contribution in [3.8, 4) is 0 Å². The van der Waals surface area contributed by atoms with Gasteiger partial charge >= 0.3 is 0 Å². The fourth-order valence-electron chi connectivity index (χ4n) is 2.26. The Labute approximate surface area is 88.2 Å². The molecule has 1 atom stereocenters. The third kappa shape index (κ3) is 4.28. The molecule has 1 aliphatic carbocycles. The molecule has 1 N–H and O–H groups in total. The molecule has 0 bridgehead atoms. The van der Waals surface area contributed by atoms with Gasteiger partial charge in [-0.15, -0.1) is 0 Å². The van der Waals surface area contributed by atoms with Crippen LogP contribution in [0.5, 0.6) is 0 Å². The van der Waals surface area contributed by atoms with Gasteiger partial charge in [0.1, 0.15) is 0 Å². The lowest BCUT2D eigenvalue weighted by atomic mass is 9.87. The molecule has 82 valence electrons. The number of allylic oxidation sites excluding steroid dienone is 1. The largest absolute Gasteiger partial charge is 0.386 e. The zero-order valence-electron chi connectivity index (χ0n) is 9.63. The molecular weight excluding hydrogens is 172 g/mol. The minimum Gasteiger partial charge on any atom is -0.386 e. The maximum atomic E-state index is 9.96. The van der Waals surface area contributed by atoms with Gasteiger partial charge in [-0.1, -0.05) is 44.8 Å². The van der Waals surface area contributed by atoms with Crippen LogP contribution in [0.25, 0.3) is 0 Å². The highest BCUT2D eigenvalue weighted by Gasteiger charge is 2.16. The van der Waals surface area contributed by atoms with E-state index < -0.39 is 5.60 Å². The molecule has 0 amide bonds. The van der Waals surface area contributed by atoms with Crippen LogP contribution < -0.4 is 0 Å². The average Bonchev–Trinajstić information content (AvgIpc) is 2.17. The van der Waals surface area contributed by atoms with Gasteiger partial charge < -0.3 is 5.11 Å². The van der Waals surface area contributed by atoms with E-state index in [-0.39, 0.29) is 0 Å². The lowest BCUT2D eigenvalue weighted by Gasteiger charge is -2.21. The fourth-order valence-corrected chi connectivity index (χ4v) is 2.26. The van der Waals surface area contributed by atoms with Crippen LogP contribution in [0, 0.1) is 5.92 Å². The van der Waals surface area contributed by atoms with Crippen molar-refractivity contribution in [3.63, 3.8) is 0 Å². The van der Waals surface area contributed by atoms with Gasteiger partial charge in [-0.2, -0.15) is 0 Å². The second-order valence-electron chi connectivity index (χ2n) is 4.86. The SMILES string of the molecule is CCCC(C)(O)/C=C/C1CCCCC1. The van der Waals surface area contributed by atoms with Crippen LogP contribution in [0.15, 0.2) is 12.2 Å². The van der Waals surface area contributed by atoms with Gasteiger partial charge in [0.25, 0.3) is 0 Å². The van der Waals surface area contributed by atoms with Crippen LogP contribution in [-0.4, -0.2) is 10.7 Å². The van der Waals surface area contributed by atoms with Gasteiger partial charge in [0, 0.05) is 0 Å². The zero-order chi connectivity index (χ0) is 10.4. The first-order chi connectivity index (χ1) is 6.64. The Hall–Kier alpha value is -0.300. The summed E-state index contributed by atoms with van der Waals surface area (Å²) in [6.45, 7) is 4.03. The molecule has 1 nitrogen and oxygen atoms in total. The highest BCUT2D eigenvalue weighted by atomic mass is 16.3. The molecule has 1 fully saturated rings. The van der Waals surface area contributed by atoms with E-state index >= 15 is 0 Å². The highest BCUT2D eigenvalue weighted by Crippen LogP contribution is 2.26. The van der Waals surface area contributed by atoms with Crippen molar-refractivity contribution in [2.24, 2.45) is 5.92 Å². The maximum absolute atomic E-state index is 9.96. The standard InChI is InChI=1S/C13H24O/c1-3-10-13(2,14)11-9-12-7-5-4-6-8-12/h9,11-12,14H,3-8,10H2,1-2H3/b11-9+. The normalized spacial score (nSPS) is 23.9. The number of rotatable bonds is 4. The van der Waals surface area contributed by atoms with Gasteiger partial charge in [-0.3, -0.25) is 0 Å². The topological polar surface area (TPSA) is 20.2 Å². The van der Waals surface area contributed by atoms with Gasteiger partial charge in [0.05, 0.1) is 5.60 Å². The van der Waals surface area contributed by atoms with Crippen molar-refractivity contribution < 1.29 is 5.11 Å². The summed E-state index contributed by atoms with van der Waals surface area (Å²) in [6, 6.07) is 0. The third-order valence-electron chi connectivity index (χ3n) is 3.13. The molecule has 0 aromatic rings. The fraction of sp³-hybridized carbons (Fsp3) is 0.846. The summed E-state index contributed by atoms with van der Waals surface area (Å²) < 4.78 is 0. The van der Waals surface area contributed by atoms with E-state index in [0.717, 1.165) is 18.8 Å². The molecule has 14 heavy (non-hydrogen) atoms. The summed E-state index contributed by atoms with van der Waals surface area (Å²) in [5, 5.41) is 9.96. The van der Waals surface area contributed by atoms with Gasteiger partial charge in [0.2, 0.25) is 0 Å². The smallest absolute Gasteiger partial charge is 0.0799 e. The van der Waals surface area contributed by atoms with E-state index in [2.05, 4.69) is 13.0 Å². The lowest BCUT2D eigenvalue weighted by Crippen LogP contribution is -2.20. The van der Waals surface area contributed by atoms with Crippen molar-refractivity contribution in [1.82, 2.24) is 0 Å². The minimum absolute atomic E-state index is 0.577. The predicted molar refractivity (Wildman–Crippen MR) is 61.2 cm³/mol. The van der Waals surface area contributed by atoms with E-state index in [1.54, 1.807) is 0 Å². The van der Waals surface area contributed by atoms with Crippen molar-refractivity contribution in [3.05, 3.63) is 12.2 Å². The molecule has 1 saturated carbocycles. The summed E-state index contributed by atoms with van der Waals surface area (Å²) in [7, 11) is 0. The maximum Gasteiger partial charge on any atom is 0.0799 e. The molecule has 0 aromatic heterocycles. The Kier molecular flexibility index (Phi) is 4.67. The predicted octanol–water partition coefficient (Wildman–Crippen LogP) is 3.67. The van der Waals surface area contributed by atoms with Gasteiger partial charge in [-0.05, 0) is 32.1 Å². The molecular formula is C13H24O. The molecule has 1 heteroatoms. The first-order valence-corrected chi connectivity index (χ1v) is 6.06. The average molecular weight is 196 g/mol. The molecule has 0 radical (unpaired) electrons. The molecule has 0 saturated heterocycles. The second-order valence-corrected chi connectivity index (χ2v) is 4.86. The summed E-state index contributed by atoms with van der Waals surface area (Å²) in [4.78, 5) is 0. The monoisotopic (exact) mass is 196 g/mol. The van der Waals surface area contributed by atoms with Crippen LogP contribution >= 0.6 is 0 Å². The highest BCUT2D eigenvalue weighted by molar-refractivity contribution is 5.01. The van der Waals surface area contributed by atoms with Crippen molar-refractivity contribution >= 4 is 0 Å². The summed E-state index contributed by atoms with van der Waals surface area (Å²) >= 11 is 0.